The molecule has 0 saturated heterocycles. The van der Waals surface area contributed by atoms with Gasteiger partial charge in [-0.3, -0.25) is 4.79 Å². The summed E-state index contributed by atoms with van der Waals surface area (Å²) in [4.78, 5) is 12.0. The Bertz CT molecular complexity index is 516. The van der Waals surface area contributed by atoms with Crippen molar-refractivity contribution in [2.24, 2.45) is 5.92 Å². The fourth-order valence-corrected chi connectivity index (χ4v) is 3.65. The van der Waals surface area contributed by atoms with Gasteiger partial charge in [0.2, 0.25) is 0 Å². The van der Waals surface area contributed by atoms with Crippen molar-refractivity contribution in [1.29, 1.82) is 0 Å². The molecule has 1 aliphatic heterocycles. The Morgan fingerprint density at radius 1 is 1.13 bits per heavy atom. The molecule has 4 heteroatoms. The maximum absolute atomic E-state index is 12.0. The number of hydrogen-bond donors (Lipinski definition) is 0. The van der Waals surface area contributed by atoms with Crippen LogP contribution in [0.3, 0.4) is 0 Å². The smallest absolute Gasteiger partial charge is 0.182 e. The van der Waals surface area contributed by atoms with Crippen molar-refractivity contribution >= 4 is 15.6 Å². The fourth-order valence-electron chi connectivity index (χ4n) is 1.85. The van der Waals surface area contributed by atoms with Gasteiger partial charge < -0.3 is 0 Å². The quantitative estimate of drug-likeness (QED) is 0.673. The number of hydrogen-bond acceptors (Lipinski definition) is 3. The minimum Gasteiger partial charge on any atom is -0.294 e. The molecular weight excluding hydrogens is 212 g/mol. The topological polar surface area (TPSA) is 51.2 Å². The summed E-state index contributed by atoms with van der Waals surface area (Å²) in [6, 6.07) is 6.42. The van der Waals surface area contributed by atoms with Crippen LogP contribution in [0.25, 0.3) is 0 Å². The highest BCUT2D eigenvalue weighted by atomic mass is 32.2. The predicted molar refractivity (Wildman–Crippen MR) is 56.6 cm³/mol. The lowest BCUT2D eigenvalue weighted by molar-refractivity contribution is 0.0920. The Morgan fingerprint density at radius 2 is 1.73 bits per heavy atom. The molecule has 0 radical (unpaired) electrons. The van der Waals surface area contributed by atoms with E-state index in [1.807, 2.05) is 0 Å². The van der Waals surface area contributed by atoms with Crippen LogP contribution >= 0.6 is 0 Å². The number of rotatable bonds is 0. The van der Waals surface area contributed by atoms with Crippen LogP contribution in [0, 0.1) is 5.92 Å². The van der Waals surface area contributed by atoms with Gasteiger partial charge in [0.25, 0.3) is 0 Å². The van der Waals surface area contributed by atoms with E-state index in [9.17, 15) is 13.2 Å². The number of benzene rings is 1. The molecular formula is C11H12O3S. The summed E-state index contributed by atoms with van der Waals surface area (Å²) >= 11 is 0. The van der Waals surface area contributed by atoms with Crippen LogP contribution in [0.15, 0.2) is 29.2 Å². The van der Waals surface area contributed by atoms with E-state index < -0.39 is 21.0 Å². The van der Waals surface area contributed by atoms with E-state index in [1.54, 1.807) is 32.0 Å². The summed E-state index contributed by atoms with van der Waals surface area (Å²) in [5, 5.41) is -0.625. The van der Waals surface area contributed by atoms with Gasteiger partial charge in [0, 0.05) is 11.5 Å². The van der Waals surface area contributed by atoms with Gasteiger partial charge in [-0.05, 0) is 13.0 Å². The van der Waals surface area contributed by atoms with Crippen LogP contribution in [-0.2, 0) is 9.84 Å². The van der Waals surface area contributed by atoms with E-state index >= 15 is 0 Å². The van der Waals surface area contributed by atoms with Gasteiger partial charge in [0.15, 0.2) is 15.6 Å². The Hall–Kier alpha value is -1.16. The molecule has 1 aliphatic rings. The number of carbonyl (C=O) groups is 1. The summed E-state index contributed by atoms with van der Waals surface area (Å²) < 4.78 is 24.0. The monoisotopic (exact) mass is 224 g/mol. The van der Waals surface area contributed by atoms with Crippen molar-refractivity contribution in [3.8, 4) is 0 Å². The van der Waals surface area contributed by atoms with Crippen LogP contribution in [0.5, 0.6) is 0 Å². The lowest BCUT2D eigenvalue weighted by atomic mass is 9.96. The van der Waals surface area contributed by atoms with Gasteiger partial charge in [0.05, 0.1) is 10.1 Å². The maximum Gasteiger partial charge on any atom is 0.182 e. The van der Waals surface area contributed by atoms with Crippen molar-refractivity contribution < 1.29 is 13.2 Å². The molecule has 0 N–H and O–H groups in total. The van der Waals surface area contributed by atoms with Gasteiger partial charge in [-0.25, -0.2) is 8.42 Å². The molecule has 1 aromatic rings. The van der Waals surface area contributed by atoms with Gasteiger partial charge >= 0.3 is 0 Å². The summed E-state index contributed by atoms with van der Waals surface area (Å²) in [5.74, 6) is -0.530. The van der Waals surface area contributed by atoms with Crippen LogP contribution in [0.4, 0.5) is 0 Å². The molecule has 2 unspecified atom stereocenters. The second-order valence-corrected chi connectivity index (χ2v) is 6.17. The van der Waals surface area contributed by atoms with Crippen LogP contribution in [0.1, 0.15) is 24.2 Å². The summed E-state index contributed by atoms with van der Waals surface area (Å²) in [5.41, 5.74) is 0.336. The first-order chi connectivity index (χ1) is 6.96. The largest absolute Gasteiger partial charge is 0.294 e. The number of ketones is 1. The summed E-state index contributed by atoms with van der Waals surface area (Å²) in [7, 11) is -3.32. The second-order valence-electron chi connectivity index (χ2n) is 3.90. The zero-order valence-corrected chi connectivity index (χ0v) is 9.41. The van der Waals surface area contributed by atoms with Gasteiger partial charge in [-0.2, -0.15) is 0 Å². The number of carbonyl (C=O) groups excluding carboxylic acids is 1. The maximum atomic E-state index is 12.0. The molecule has 2 atom stereocenters. The summed E-state index contributed by atoms with van der Waals surface area (Å²) in [6.45, 7) is 3.26. The molecule has 1 aromatic carbocycles. The van der Waals surface area contributed by atoms with Gasteiger partial charge in [-0.15, -0.1) is 0 Å². The molecule has 1 heterocycles. The van der Waals surface area contributed by atoms with Crippen molar-refractivity contribution in [2.45, 2.75) is 24.0 Å². The molecule has 0 saturated carbocycles. The van der Waals surface area contributed by atoms with Crippen molar-refractivity contribution in [2.75, 3.05) is 0 Å². The highest BCUT2D eigenvalue weighted by Crippen LogP contribution is 2.32. The minimum atomic E-state index is -3.32. The van der Waals surface area contributed by atoms with Crippen molar-refractivity contribution in [1.82, 2.24) is 0 Å². The zero-order chi connectivity index (χ0) is 11.2. The normalized spacial score (nSPS) is 28.5. The first-order valence-corrected chi connectivity index (χ1v) is 6.38. The minimum absolute atomic E-state index is 0.0760. The predicted octanol–water partition coefficient (Wildman–Crippen LogP) is 1.68. The Morgan fingerprint density at radius 3 is 2.40 bits per heavy atom. The third-order valence-electron chi connectivity index (χ3n) is 3.07. The molecule has 0 bridgehead atoms. The van der Waals surface area contributed by atoms with Crippen molar-refractivity contribution in [3.05, 3.63) is 29.8 Å². The summed E-state index contributed by atoms with van der Waals surface area (Å²) in [6.07, 6.45) is 0. The first-order valence-electron chi connectivity index (χ1n) is 4.83. The molecule has 0 aliphatic carbocycles. The van der Waals surface area contributed by atoms with E-state index in [-0.39, 0.29) is 10.7 Å². The highest BCUT2D eigenvalue weighted by molar-refractivity contribution is 7.92. The number of fused-ring (bicyclic) bond motifs is 1. The van der Waals surface area contributed by atoms with E-state index in [2.05, 4.69) is 0 Å². The molecule has 0 spiro atoms. The van der Waals surface area contributed by atoms with Crippen LogP contribution in [-0.4, -0.2) is 19.5 Å². The molecule has 0 aromatic heterocycles. The van der Waals surface area contributed by atoms with Gasteiger partial charge in [0.1, 0.15) is 0 Å². The average molecular weight is 224 g/mol. The van der Waals surface area contributed by atoms with Crippen LogP contribution in [0.2, 0.25) is 0 Å². The molecule has 2 rings (SSSR count). The number of sulfone groups is 1. The third-order valence-corrected chi connectivity index (χ3v) is 5.42. The zero-order valence-electron chi connectivity index (χ0n) is 8.60. The van der Waals surface area contributed by atoms with E-state index in [0.717, 1.165) is 0 Å². The van der Waals surface area contributed by atoms with Crippen LogP contribution < -0.4 is 0 Å². The van der Waals surface area contributed by atoms with E-state index in [1.165, 1.54) is 6.07 Å². The lowest BCUT2D eigenvalue weighted by Gasteiger charge is -2.26. The Kier molecular flexibility index (Phi) is 2.19. The second kappa shape index (κ2) is 3.17. The lowest BCUT2D eigenvalue weighted by Crippen LogP contribution is -2.36. The molecule has 0 fully saturated rings. The van der Waals surface area contributed by atoms with E-state index in [4.69, 9.17) is 0 Å². The SMILES string of the molecule is CC1C(=O)c2ccccc2S(=O)(=O)C1C. The molecule has 15 heavy (non-hydrogen) atoms. The van der Waals surface area contributed by atoms with Gasteiger partial charge in [-0.1, -0.05) is 25.1 Å². The molecule has 3 nitrogen and oxygen atoms in total. The molecule has 80 valence electrons. The average Bonchev–Trinajstić information content (AvgIpc) is 2.24. The highest BCUT2D eigenvalue weighted by Gasteiger charge is 2.40. The number of Topliss-reactive ketones (excluding diaryl/α,β-unsaturated/α-hetero) is 1. The Balaban J connectivity index is 2.78. The first kappa shape index (κ1) is 10.4. The van der Waals surface area contributed by atoms with E-state index in [0.29, 0.717) is 5.56 Å². The fraction of sp³-hybridized carbons (Fsp3) is 0.364. The molecule has 0 amide bonds. The standard InChI is InChI=1S/C11H12O3S/c1-7-8(2)15(13,14)10-6-4-3-5-9(10)11(7)12/h3-8H,1-2H3. The van der Waals surface area contributed by atoms with Crippen molar-refractivity contribution in [3.63, 3.8) is 0 Å². The third kappa shape index (κ3) is 1.32. The Labute approximate surface area is 89.0 Å².